The summed E-state index contributed by atoms with van der Waals surface area (Å²) in [5.74, 6) is 2.71. The number of carbonyl (C=O) groups is 1. The van der Waals surface area contributed by atoms with Gasteiger partial charge in [0.25, 0.3) is 5.91 Å². The van der Waals surface area contributed by atoms with E-state index < -0.39 is 0 Å². The van der Waals surface area contributed by atoms with Gasteiger partial charge in [0.2, 0.25) is 0 Å². The van der Waals surface area contributed by atoms with Crippen molar-refractivity contribution in [3.05, 3.63) is 47.3 Å². The number of thioether (sulfide) groups is 1. The van der Waals surface area contributed by atoms with Crippen molar-refractivity contribution in [1.82, 2.24) is 10.5 Å². The lowest BCUT2D eigenvalue weighted by atomic mass is 9.78. The van der Waals surface area contributed by atoms with Crippen LogP contribution in [0.1, 0.15) is 54.9 Å². The monoisotopic (exact) mass is 358 g/mol. The van der Waals surface area contributed by atoms with Crippen LogP contribution in [-0.4, -0.2) is 17.1 Å². The van der Waals surface area contributed by atoms with Crippen molar-refractivity contribution in [3.8, 4) is 0 Å². The zero-order valence-corrected chi connectivity index (χ0v) is 15.9. The minimum Gasteiger partial charge on any atom is -0.360 e. The molecule has 1 aromatic heterocycles. The lowest BCUT2D eigenvalue weighted by Crippen LogP contribution is -2.43. The summed E-state index contributed by atoms with van der Waals surface area (Å²) in [7, 11) is 0. The van der Waals surface area contributed by atoms with Gasteiger partial charge in [-0.05, 0) is 37.3 Å². The van der Waals surface area contributed by atoms with Crippen LogP contribution in [0.15, 0.2) is 39.8 Å². The fraction of sp³-hybridized carbons (Fsp3) is 0.500. The van der Waals surface area contributed by atoms with E-state index in [-0.39, 0.29) is 11.9 Å². The van der Waals surface area contributed by atoms with Crippen molar-refractivity contribution in [2.45, 2.75) is 56.7 Å². The van der Waals surface area contributed by atoms with Crippen LogP contribution < -0.4 is 5.32 Å². The van der Waals surface area contributed by atoms with Crippen LogP contribution in [0, 0.1) is 18.8 Å². The Balaban J connectivity index is 1.68. The molecule has 1 fully saturated rings. The fourth-order valence-corrected chi connectivity index (χ4v) is 4.37. The molecule has 134 valence electrons. The van der Waals surface area contributed by atoms with E-state index >= 15 is 0 Å². The molecule has 1 amide bonds. The number of nitrogens with zero attached hydrogens (tertiary/aromatic N) is 1. The molecule has 5 heteroatoms. The van der Waals surface area contributed by atoms with Crippen LogP contribution >= 0.6 is 11.8 Å². The molecule has 3 rings (SSSR count). The molecule has 3 unspecified atom stereocenters. The summed E-state index contributed by atoms with van der Waals surface area (Å²) in [6.07, 6.45) is 3.53. The summed E-state index contributed by atoms with van der Waals surface area (Å²) in [6.45, 7) is 6.44. The molecule has 1 saturated carbocycles. The molecule has 1 aliphatic carbocycles. The fourth-order valence-electron chi connectivity index (χ4n) is 3.45. The van der Waals surface area contributed by atoms with E-state index in [1.165, 1.54) is 12.8 Å². The molecule has 25 heavy (non-hydrogen) atoms. The molecule has 0 saturated heterocycles. The van der Waals surface area contributed by atoms with Crippen LogP contribution in [0.5, 0.6) is 0 Å². The van der Waals surface area contributed by atoms with Crippen molar-refractivity contribution in [1.29, 1.82) is 0 Å². The van der Waals surface area contributed by atoms with Crippen molar-refractivity contribution >= 4 is 17.7 Å². The Hall–Kier alpha value is -1.75. The van der Waals surface area contributed by atoms with Gasteiger partial charge in [-0.1, -0.05) is 44.0 Å². The Morgan fingerprint density at radius 2 is 2.12 bits per heavy atom. The SMILES string of the molecule is Cc1cc(CSc2ccccc2C(=O)NC2CCCC(C)C2C)on1. The largest absolute Gasteiger partial charge is 0.360 e. The summed E-state index contributed by atoms with van der Waals surface area (Å²) < 4.78 is 5.26. The second-order valence-electron chi connectivity index (χ2n) is 7.07. The highest BCUT2D eigenvalue weighted by molar-refractivity contribution is 7.98. The lowest BCUT2D eigenvalue weighted by Gasteiger charge is -2.34. The topological polar surface area (TPSA) is 55.1 Å². The Kier molecular flexibility index (Phi) is 5.84. The number of aryl methyl sites for hydroxylation is 1. The molecule has 1 aliphatic rings. The van der Waals surface area contributed by atoms with Gasteiger partial charge in [-0.3, -0.25) is 4.79 Å². The van der Waals surface area contributed by atoms with Crippen LogP contribution in [-0.2, 0) is 5.75 Å². The van der Waals surface area contributed by atoms with Gasteiger partial charge < -0.3 is 9.84 Å². The van der Waals surface area contributed by atoms with Crippen LogP contribution in [0.25, 0.3) is 0 Å². The van der Waals surface area contributed by atoms with Gasteiger partial charge in [0.05, 0.1) is 17.0 Å². The number of carbonyl (C=O) groups excluding carboxylic acids is 1. The van der Waals surface area contributed by atoms with Gasteiger partial charge in [0.1, 0.15) is 5.76 Å². The lowest BCUT2D eigenvalue weighted by molar-refractivity contribution is 0.0888. The first-order chi connectivity index (χ1) is 12.0. The number of aromatic nitrogens is 1. The standard InChI is InChI=1S/C20H26N2O2S/c1-13-7-6-9-18(15(13)3)21-20(23)17-8-4-5-10-19(17)25-12-16-11-14(2)22-24-16/h4-5,8,10-11,13,15,18H,6-7,9,12H2,1-3H3,(H,21,23). The zero-order valence-electron chi connectivity index (χ0n) is 15.1. The molecule has 1 N–H and O–H groups in total. The highest BCUT2D eigenvalue weighted by Gasteiger charge is 2.28. The van der Waals surface area contributed by atoms with Gasteiger partial charge in [-0.25, -0.2) is 0 Å². The molecule has 0 radical (unpaired) electrons. The number of rotatable bonds is 5. The quantitative estimate of drug-likeness (QED) is 0.778. The Morgan fingerprint density at radius 3 is 2.88 bits per heavy atom. The summed E-state index contributed by atoms with van der Waals surface area (Å²) in [6, 6.07) is 9.99. The third-order valence-corrected chi connectivity index (χ3v) is 6.30. The predicted octanol–water partition coefficient (Wildman–Crippen LogP) is 4.83. The Bertz CT molecular complexity index is 728. The highest BCUT2D eigenvalue weighted by Crippen LogP contribution is 2.31. The third kappa shape index (κ3) is 4.46. The number of hydrogen-bond donors (Lipinski definition) is 1. The van der Waals surface area contributed by atoms with E-state index in [2.05, 4.69) is 24.3 Å². The van der Waals surface area contributed by atoms with E-state index in [1.54, 1.807) is 11.8 Å². The van der Waals surface area contributed by atoms with E-state index in [0.29, 0.717) is 17.6 Å². The van der Waals surface area contributed by atoms with E-state index in [1.807, 2.05) is 37.3 Å². The number of hydrogen-bond acceptors (Lipinski definition) is 4. The van der Waals surface area contributed by atoms with Crippen molar-refractivity contribution in [2.24, 2.45) is 11.8 Å². The van der Waals surface area contributed by atoms with E-state index in [4.69, 9.17) is 4.52 Å². The first-order valence-corrected chi connectivity index (χ1v) is 9.98. The molecule has 2 aromatic rings. The Morgan fingerprint density at radius 1 is 1.32 bits per heavy atom. The molecule has 1 heterocycles. The van der Waals surface area contributed by atoms with Crippen molar-refractivity contribution in [2.75, 3.05) is 0 Å². The summed E-state index contributed by atoms with van der Waals surface area (Å²) >= 11 is 1.61. The van der Waals surface area contributed by atoms with Crippen LogP contribution in [0.2, 0.25) is 0 Å². The van der Waals surface area contributed by atoms with Gasteiger partial charge in [-0.15, -0.1) is 11.8 Å². The summed E-state index contributed by atoms with van der Waals surface area (Å²) in [4.78, 5) is 13.8. The second kappa shape index (κ2) is 8.09. The maximum absolute atomic E-state index is 12.8. The molecular weight excluding hydrogens is 332 g/mol. The highest BCUT2D eigenvalue weighted by atomic mass is 32.2. The Labute approximate surface area is 153 Å². The molecule has 0 aliphatic heterocycles. The van der Waals surface area contributed by atoms with Gasteiger partial charge >= 0.3 is 0 Å². The molecule has 0 bridgehead atoms. The van der Waals surface area contributed by atoms with Gasteiger partial charge in [0.15, 0.2) is 0 Å². The maximum Gasteiger partial charge on any atom is 0.252 e. The molecule has 4 nitrogen and oxygen atoms in total. The average Bonchev–Trinajstić information content (AvgIpc) is 3.03. The number of nitrogens with one attached hydrogen (secondary N) is 1. The van der Waals surface area contributed by atoms with E-state index in [9.17, 15) is 4.79 Å². The summed E-state index contributed by atoms with van der Waals surface area (Å²) in [5, 5.41) is 7.18. The van der Waals surface area contributed by atoms with Crippen LogP contribution in [0.3, 0.4) is 0 Å². The first kappa shape index (κ1) is 18.1. The smallest absolute Gasteiger partial charge is 0.252 e. The normalized spacial score (nSPS) is 23.4. The van der Waals surface area contributed by atoms with Gasteiger partial charge in [0, 0.05) is 17.0 Å². The average molecular weight is 359 g/mol. The minimum absolute atomic E-state index is 0.0304. The zero-order chi connectivity index (χ0) is 17.8. The number of amides is 1. The predicted molar refractivity (Wildman–Crippen MR) is 101 cm³/mol. The first-order valence-electron chi connectivity index (χ1n) is 8.99. The maximum atomic E-state index is 12.8. The number of benzene rings is 1. The van der Waals surface area contributed by atoms with E-state index in [0.717, 1.165) is 28.3 Å². The van der Waals surface area contributed by atoms with Crippen LogP contribution in [0.4, 0.5) is 0 Å². The minimum atomic E-state index is 0.0304. The molecular formula is C20H26N2O2S. The summed E-state index contributed by atoms with van der Waals surface area (Å²) in [5.41, 5.74) is 1.62. The molecule has 1 aromatic carbocycles. The third-order valence-electron chi connectivity index (χ3n) is 5.20. The second-order valence-corrected chi connectivity index (χ2v) is 8.08. The van der Waals surface area contributed by atoms with Gasteiger partial charge in [-0.2, -0.15) is 0 Å². The van der Waals surface area contributed by atoms with Crippen molar-refractivity contribution < 1.29 is 9.32 Å². The van der Waals surface area contributed by atoms with Crippen molar-refractivity contribution in [3.63, 3.8) is 0 Å². The molecule has 0 spiro atoms. The molecule has 3 atom stereocenters.